The Morgan fingerprint density at radius 1 is 1.42 bits per heavy atom. The third-order valence-electron chi connectivity index (χ3n) is 3.31. The molecule has 0 fully saturated rings. The maximum atomic E-state index is 12.1. The van der Waals surface area contributed by atoms with E-state index in [1.165, 1.54) is 0 Å². The molecule has 2 aromatic rings. The molecule has 3 rings (SSSR count). The lowest BCUT2D eigenvalue weighted by molar-refractivity contribution is 0.0927. The summed E-state index contributed by atoms with van der Waals surface area (Å²) < 4.78 is 5.40. The van der Waals surface area contributed by atoms with Gasteiger partial charge in [0.15, 0.2) is 0 Å². The van der Waals surface area contributed by atoms with E-state index in [0.717, 1.165) is 30.6 Å². The number of nitrogens with zero attached hydrogens (tertiary/aromatic N) is 1. The number of carbonyl (C=O) groups excluding carboxylic acids is 1. The number of hydrogen-bond acceptors (Lipinski definition) is 3. The first-order chi connectivity index (χ1) is 9.24. The molecule has 5 heteroatoms. The number of furan rings is 1. The van der Waals surface area contributed by atoms with Crippen LogP contribution in [0.15, 0.2) is 34.9 Å². The number of halogens is 1. The van der Waals surface area contributed by atoms with Crippen LogP contribution in [0.3, 0.4) is 0 Å². The fraction of sp³-hybridized carbons (Fsp3) is 0.286. The minimum absolute atomic E-state index is 0.00391. The van der Waals surface area contributed by atoms with Gasteiger partial charge in [-0.1, -0.05) is 17.7 Å². The molecule has 1 amide bonds. The Hall–Kier alpha value is -1.81. The lowest BCUT2D eigenvalue weighted by atomic mass is 9.93. The van der Waals surface area contributed by atoms with Crippen LogP contribution in [0.5, 0.6) is 0 Å². The molecule has 1 atom stereocenters. The van der Waals surface area contributed by atoms with Crippen molar-refractivity contribution in [2.75, 3.05) is 0 Å². The van der Waals surface area contributed by atoms with Crippen molar-refractivity contribution in [2.24, 2.45) is 0 Å². The summed E-state index contributed by atoms with van der Waals surface area (Å²) in [6.45, 7) is 0. The van der Waals surface area contributed by atoms with E-state index in [-0.39, 0.29) is 11.9 Å². The summed E-state index contributed by atoms with van der Waals surface area (Å²) in [7, 11) is 0. The first kappa shape index (κ1) is 12.2. The van der Waals surface area contributed by atoms with Gasteiger partial charge in [0.2, 0.25) is 0 Å². The number of amides is 1. The van der Waals surface area contributed by atoms with Crippen LogP contribution in [-0.4, -0.2) is 10.9 Å². The van der Waals surface area contributed by atoms with E-state index in [9.17, 15) is 4.79 Å². The molecule has 0 radical (unpaired) electrons. The van der Waals surface area contributed by atoms with Crippen LogP contribution in [0.2, 0.25) is 5.15 Å². The molecule has 0 bridgehead atoms. The highest BCUT2D eigenvalue weighted by Crippen LogP contribution is 2.30. The van der Waals surface area contributed by atoms with Gasteiger partial charge in [-0.15, -0.1) is 0 Å². The Morgan fingerprint density at radius 3 is 3.16 bits per heavy atom. The van der Waals surface area contributed by atoms with Gasteiger partial charge in [0, 0.05) is 12.0 Å². The summed E-state index contributed by atoms with van der Waals surface area (Å²) in [5.74, 6) is 0.761. The van der Waals surface area contributed by atoms with Gasteiger partial charge in [0.25, 0.3) is 5.91 Å². The van der Waals surface area contributed by atoms with Gasteiger partial charge in [0.05, 0.1) is 12.3 Å². The van der Waals surface area contributed by atoms with E-state index in [1.54, 1.807) is 24.5 Å². The zero-order chi connectivity index (χ0) is 13.2. The predicted octanol–water partition coefficient (Wildman–Crippen LogP) is 3.14. The Balaban J connectivity index is 1.78. The summed E-state index contributed by atoms with van der Waals surface area (Å²) in [5, 5.41) is 3.30. The van der Waals surface area contributed by atoms with Crippen molar-refractivity contribution in [2.45, 2.75) is 25.3 Å². The van der Waals surface area contributed by atoms with E-state index in [2.05, 4.69) is 10.3 Å². The molecule has 1 aliphatic rings. The van der Waals surface area contributed by atoms with Gasteiger partial charge in [-0.05, 0) is 31.0 Å². The quantitative estimate of drug-likeness (QED) is 0.858. The molecule has 0 saturated carbocycles. The van der Waals surface area contributed by atoms with Crippen molar-refractivity contribution in [1.82, 2.24) is 10.3 Å². The number of fused-ring (bicyclic) bond motifs is 1. The molecule has 1 aliphatic carbocycles. The van der Waals surface area contributed by atoms with Gasteiger partial charge >= 0.3 is 0 Å². The van der Waals surface area contributed by atoms with E-state index >= 15 is 0 Å². The number of carbonyl (C=O) groups is 1. The maximum Gasteiger partial charge on any atom is 0.270 e. The lowest BCUT2D eigenvalue weighted by Crippen LogP contribution is -2.31. The van der Waals surface area contributed by atoms with Gasteiger partial charge in [-0.3, -0.25) is 4.79 Å². The molecule has 2 heterocycles. The second-order valence-corrected chi connectivity index (χ2v) is 4.95. The van der Waals surface area contributed by atoms with E-state index in [0.29, 0.717) is 10.8 Å². The molecule has 2 aromatic heterocycles. The molecular formula is C14H13ClN2O2. The third-order valence-corrected chi connectivity index (χ3v) is 3.52. The first-order valence-electron chi connectivity index (χ1n) is 6.24. The van der Waals surface area contributed by atoms with Gasteiger partial charge in [-0.2, -0.15) is 0 Å². The zero-order valence-electron chi connectivity index (χ0n) is 10.2. The van der Waals surface area contributed by atoms with Crippen LogP contribution in [0, 0.1) is 0 Å². The van der Waals surface area contributed by atoms with Crippen LogP contribution in [0.1, 0.15) is 40.7 Å². The number of pyridine rings is 1. The summed E-state index contributed by atoms with van der Waals surface area (Å²) in [5.41, 5.74) is 1.41. The number of aromatic nitrogens is 1. The minimum Gasteiger partial charge on any atom is -0.469 e. The zero-order valence-corrected chi connectivity index (χ0v) is 11.0. The van der Waals surface area contributed by atoms with Crippen LogP contribution < -0.4 is 5.32 Å². The van der Waals surface area contributed by atoms with Gasteiger partial charge < -0.3 is 9.73 Å². The van der Waals surface area contributed by atoms with Crippen molar-refractivity contribution in [3.8, 4) is 0 Å². The molecule has 0 aromatic carbocycles. The van der Waals surface area contributed by atoms with Crippen LogP contribution in [0.25, 0.3) is 0 Å². The Morgan fingerprint density at radius 2 is 2.32 bits per heavy atom. The Kier molecular flexibility index (Phi) is 3.25. The Bertz CT molecular complexity index is 609. The van der Waals surface area contributed by atoms with Crippen molar-refractivity contribution in [3.05, 3.63) is 52.7 Å². The van der Waals surface area contributed by atoms with Crippen molar-refractivity contribution >= 4 is 17.5 Å². The summed E-state index contributed by atoms with van der Waals surface area (Å²) >= 11 is 5.79. The highest BCUT2D eigenvalue weighted by atomic mass is 35.5. The predicted molar refractivity (Wildman–Crippen MR) is 71.1 cm³/mol. The van der Waals surface area contributed by atoms with Crippen LogP contribution >= 0.6 is 11.6 Å². The van der Waals surface area contributed by atoms with Gasteiger partial charge in [0.1, 0.15) is 16.6 Å². The minimum atomic E-state index is -0.207. The van der Waals surface area contributed by atoms with E-state index in [4.69, 9.17) is 16.0 Å². The number of nitrogens with one attached hydrogen (secondary N) is 1. The van der Waals surface area contributed by atoms with Crippen molar-refractivity contribution < 1.29 is 9.21 Å². The largest absolute Gasteiger partial charge is 0.469 e. The molecule has 19 heavy (non-hydrogen) atoms. The molecule has 4 nitrogen and oxygen atoms in total. The van der Waals surface area contributed by atoms with Crippen molar-refractivity contribution in [1.29, 1.82) is 0 Å². The monoisotopic (exact) mass is 276 g/mol. The van der Waals surface area contributed by atoms with Crippen LogP contribution in [-0.2, 0) is 6.42 Å². The molecule has 1 N–H and O–H groups in total. The number of aryl methyl sites for hydroxylation is 1. The standard InChI is InChI=1S/C14H13ClN2O2/c15-13-6-2-4-11(16-13)14(18)17-10-3-1-5-12-9(10)7-8-19-12/h2,4,6-8,10H,1,3,5H2,(H,17,18). The third kappa shape index (κ3) is 2.49. The summed E-state index contributed by atoms with van der Waals surface area (Å²) in [6, 6.07) is 6.93. The summed E-state index contributed by atoms with van der Waals surface area (Å²) in [4.78, 5) is 16.1. The Labute approximate surface area is 115 Å². The highest BCUT2D eigenvalue weighted by Gasteiger charge is 2.24. The van der Waals surface area contributed by atoms with E-state index in [1.807, 2.05) is 6.07 Å². The second kappa shape index (κ2) is 5.05. The smallest absolute Gasteiger partial charge is 0.270 e. The molecular weight excluding hydrogens is 264 g/mol. The molecule has 0 aliphatic heterocycles. The second-order valence-electron chi connectivity index (χ2n) is 4.56. The van der Waals surface area contributed by atoms with Crippen molar-refractivity contribution in [3.63, 3.8) is 0 Å². The van der Waals surface area contributed by atoms with Crippen LogP contribution in [0.4, 0.5) is 0 Å². The molecule has 0 saturated heterocycles. The SMILES string of the molecule is O=C(NC1CCCc2occc21)c1cccc(Cl)n1. The fourth-order valence-corrected chi connectivity index (χ4v) is 2.57. The first-order valence-corrected chi connectivity index (χ1v) is 6.61. The topological polar surface area (TPSA) is 55.1 Å². The number of rotatable bonds is 2. The molecule has 1 unspecified atom stereocenters. The lowest BCUT2D eigenvalue weighted by Gasteiger charge is -2.22. The van der Waals surface area contributed by atoms with E-state index < -0.39 is 0 Å². The summed E-state index contributed by atoms with van der Waals surface area (Å²) in [6.07, 6.45) is 4.53. The molecule has 98 valence electrons. The average molecular weight is 277 g/mol. The highest BCUT2D eigenvalue weighted by molar-refractivity contribution is 6.29. The normalized spacial score (nSPS) is 17.8. The number of hydrogen-bond donors (Lipinski definition) is 1. The maximum absolute atomic E-state index is 12.1. The average Bonchev–Trinajstić information content (AvgIpc) is 2.88. The fourth-order valence-electron chi connectivity index (χ4n) is 2.40. The molecule has 0 spiro atoms. The van der Waals surface area contributed by atoms with Gasteiger partial charge in [-0.25, -0.2) is 4.98 Å².